The molecule has 1 amide bonds. The van der Waals surface area contributed by atoms with E-state index >= 15 is 0 Å². The maximum absolute atomic E-state index is 12.9. The molecule has 150 valence electrons. The molecule has 3 N–H and O–H groups in total. The van der Waals surface area contributed by atoms with E-state index in [4.69, 9.17) is 10.6 Å². The van der Waals surface area contributed by atoms with Crippen molar-refractivity contribution in [2.45, 2.75) is 11.6 Å². The summed E-state index contributed by atoms with van der Waals surface area (Å²) < 4.78 is 18.9. The number of benzene rings is 2. The zero-order chi connectivity index (χ0) is 20.8. The molecule has 0 aliphatic heterocycles. The summed E-state index contributed by atoms with van der Waals surface area (Å²) in [5.74, 6) is 5.75. The molecule has 0 spiro atoms. The summed E-state index contributed by atoms with van der Waals surface area (Å²) in [5, 5.41) is 10.6. The Labute approximate surface area is 169 Å². The molecule has 10 heteroatoms. The van der Waals surface area contributed by atoms with Crippen molar-refractivity contribution < 1.29 is 13.9 Å². The minimum absolute atomic E-state index is 0.0411. The lowest BCUT2D eigenvalue weighted by Crippen LogP contribution is -2.34. The van der Waals surface area contributed by atoms with Gasteiger partial charge in [0, 0.05) is 12.1 Å². The van der Waals surface area contributed by atoms with Crippen molar-refractivity contribution in [2.75, 3.05) is 24.0 Å². The summed E-state index contributed by atoms with van der Waals surface area (Å²) in [5.41, 5.74) is 1.02. The van der Waals surface area contributed by atoms with Gasteiger partial charge in [-0.2, -0.15) is 4.68 Å². The summed E-state index contributed by atoms with van der Waals surface area (Å²) in [7, 11) is 1.57. The fraction of sp³-hybridized carbons (Fsp3) is 0.158. The van der Waals surface area contributed by atoms with E-state index in [0.29, 0.717) is 11.4 Å². The second kappa shape index (κ2) is 9.20. The SMILES string of the molecule is COc1ccc(Cc2nnc(SCC(=O)Nc3ccc(F)cc3)n(N)c2=O)cc1. The van der Waals surface area contributed by atoms with Crippen LogP contribution in [0.3, 0.4) is 0 Å². The number of rotatable bonds is 7. The van der Waals surface area contributed by atoms with Gasteiger partial charge in [0.1, 0.15) is 17.3 Å². The van der Waals surface area contributed by atoms with E-state index in [2.05, 4.69) is 15.5 Å². The number of carbonyl (C=O) groups excluding carboxylic acids is 1. The number of nitrogens with two attached hydrogens (primary N) is 1. The van der Waals surface area contributed by atoms with E-state index in [1.807, 2.05) is 12.1 Å². The van der Waals surface area contributed by atoms with Gasteiger partial charge in [-0.3, -0.25) is 9.59 Å². The van der Waals surface area contributed by atoms with E-state index in [-0.39, 0.29) is 28.9 Å². The highest BCUT2D eigenvalue weighted by Gasteiger charge is 2.13. The smallest absolute Gasteiger partial charge is 0.294 e. The number of nitrogens with zero attached hydrogens (tertiary/aromatic N) is 3. The largest absolute Gasteiger partial charge is 0.497 e. The number of carbonyl (C=O) groups is 1. The van der Waals surface area contributed by atoms with Crippen LogP contribution in [-0.2, 0) is 11.2 Å². The molecule has 0 radical (unpaired) electrons. The number of nitrogen functional groups attached to an aromatic ring is 1. The van der Waals surface area contributed by atoms with E-state index in [1.54, 1.807) is 19.2 Å². The van der Waals surface area contributed by atoms with E-state index in [1.165, 1.54) is 24.3 Å². The zero-order valence-corrected chi connectivity index (χ0v) is 16.3. The molecule has 0 saturated heterocycles. The van der Waals surface area contributed by atoms with Crippen molar-refractivity contribution in [2.24, 2.45) is 0 Å². The Kier molecular flexibility index (Phi) is 6.45. The molecule has 0 atom stereocenters. The van der Waals surface area contributed by atoms with Gasteiger partial charge < -0.3 is 15.9 Å². The fourth-order valence-corrected chi connectivity index (χ4v) is 3.08. The molecule has 2 aromatic carbocycles. The second-order valence-corrected chi connectivity index (χ2v) is 6.92. The Morgan fingerprint density at radius 3 is 2.52 bits per heavy atom. The lowest BCUT2D eigenvalue weighted by Gasteiger charge is -2.08. The average molecular weight is 415 g/mol. The number of nitrogens with one attached hydrogen (secondary N) is 1. The number of thioether (sulfide) groups is 1. The molecular weight excluding hydrogens is 397 g/mol. The van der Waals surface area contributed by atoms with Crippen molar-refractivity contribution in [3.63, 3.8) is 0 Å². The number of amides is 1. The van der Waals surface area contributed by atoms with Crippen molar-refractivity contribution in [3.05, 3.63) is 76.0 Å². The molecule has 3 aromatic rings. The number of hydrogen-bond acceptors (Lipinski definition) is 7. The number of anilines is 1. The highest BCUT2D eigenvalue weighted by molar-refractivity contribution is 7.99. The van der Waals surface area contributed by atoms with E-state index in [9.17, 15) is 14.0 Å². The van der Waals surface area contributed by atoms with E-state index in [0.717, 1.165) is 22.0 Å². The molecule has 1 aromatic heterocycles. The molecule has 3 rings (SSSR count). The molecule has 1 heterocycles. The Morgan fingerprint density at radius 1 is 1.17 bits per heavy atom. The van der Waals surface area contributed by atoms with Crippen LogP contribution < -0.4 is 21.5 Å². The van der Waals surface area contributed by atoms with E-state index < -0.39 is 11.4 Å². The van der Waals surface area contributed by atoms with Gasteiger partial charge in [-0.05, 0) is 42.0 Å². The van der Waals surface area contributed by atoms with Crippen LogP contribution in [0.5, 0.6) is 5.75 Å². The predicted octanol–water partition coefficient (Wildman–Crippen LogP) is 1.82. The third-order valence-corrected chi connectivity index (χ3v) is 4.86. The Balaban J connectivity index is 1.63. The lowest BCUT2D eigenvalue weighted by atomic mass is 10.1. The lowest BCUT2D eigenvalue weighted by molar-refractivity contribution is -0.113. The number of aromatic nitrogens is 3. The van der Waals surface area contributed by atoms with Crippen LogP contribution in [0.25, 0.3) is 0 Å². The number of methoxy groups -OCH3 is 1. The minimum Gasteiger partial charge on any atom is -0.497 e. The first kappa shape index (κ1) is 20.3. The first-order valence-electron chi connectivity index (χ1n) is 8.51. The number of ether oxygens (including phenoxy) is 1. The van der Waals surface area contributed by atoms with Crippen molar-refractivity contribution in [1.82, 2.24) is 14.9 Å². The van der Waals surface area contributed by atoms with Gasteiger partial charge >= 0.3 is 0 Å². The van der Waals surface area contributed by atoms with Crippen molar-refractivity contribution in [1.29, 1.82) is 0 Å². The summed E-state index contributed by atoms with van der Waals surface area (Å²) in [4.78, 5) is 24.5. The quantitative estimate of drug-likeness (QED) is 0.447. The maximum Gasteiger partial charge on any atom is 0.294 e. The Hall–Kier alpha value is -3.40. The van der Waals surface area contributed by atoms with Gasteiger partial charge in [-0.1, -0.05) is 23.9 Å². The molecule has 0 unspecified atom stereocenters. The summed E-state index contributed by atoms with van der Waals surface area (Å²) in [6.07, 6.45) is 0.267. The number of hydrogen-bond donors (Lipinski definition) is 2. The van der Waals surface area contributed by atoms with Crippen LogP contribution >= 0.6 is 11.8 Å². The average Bonchev–Trinajstić information content (AvgIpc) is 2.73. The molecule has 0 aliphatic carbocycles. The monoisotopic (exact) mass is 415 g/mol. The molecule has 0 bridgehead atoms. The zero-order valence-electron chi connectivity index (χ0n) is 15.5. The highest BCUT2D eigenvalue weighted by Crippen LogP contribution is 2.15. The van der Waals surface area contributed by atoms with Crippen LogP contribution in [-0.4, -0.2) is 33.6 Å². The molecule has 0 aliphatic rings. The molecule has 0 saturated carbocycles. The summed E-state index contributed by atoms with van der Waals surface area (Å²) in [6.45, 7) is 0. The molecule has 0 fully saturated rings. The van der Waals surface area contributed by atoms with Crippen LogP contribution in [0.15, 0.2) is 58.5 Å². The van der Waals surface area contributed by atoms with Crippen molar-refractivity contribution in [3.8, 4) is 5.75 Å². The Morgan fingerprint density at radius 2 is 1.86 bits per heavy atom. The van der Waals surface area contributed by atoms with Gasteiger partial charge in [-0.15, -0.1) is 10.2 Å². The third kappa shape index (κ3) is 5.32. The molecule has 8 nitrogen and oxygen atoms in total. The van der Waals surface area contributed by atoms with Gasteiger partial charge in [0.2, 0.25) is 11.1 Å². The van der Waals surface area contributed by atoms with Gasteiger partial charge in [0.15, 0.2) is 0 Å². The predicted molar refractivity (Wildman–Crippen MR) is 108 cm³/mol. The molecular formula is C19H18FN5O3S. The first-order valence-corrected chi connectivity index (χ1v) is 9.49. The van der Waals surface area contributed by atoms with Crippen LogP contribution in [0.2, 0.25) is 0 Å². The van der Waals surface area contributed by atoms with Crippen LogP contribution in [0.4, 0.5) is 10.1 Å². The minimum atomic E-state index is -0.489. The van der Waals surface area contributed by atoms with Crippen LogP contribution in [0.1, 0.15) is 11.3 Å². The number of halogens is 1. The summed E-state index contributed by atoms with van der Waals surface area (Å²) >= 11 is 0.973. The Bertz CT molecular complexity index is 1050. The maximum atomic E-state index is 12.9. The van der Waals surface area contributed by atoms with Crippen molar-refractivity contribution >= 4 is 23.4 Å². The first-order chi connectivity index (χ1) is 14.0. The standard InChI is InChI=1S/C19H18FN5O3S/c1-28-15-8-2-12(3-9-15)10-16-18(27)25(21)19(24-23-16)29-11-17(26)22-14-6-4-13(20)5-7-14/h2-9H,10-11,21H2,1H3,(H,22,26). The highest BCUT2D eigenvalue weighted by atomic mass is 32.2. The normalized spacial score (nSPS) is 10.6. The second-order valence-electron chi connectivity index (χ2n) is 5.97. The third-order valence-electron chi connectivity index (χ3n) is 3.92. The topological polar surface area (TPSA) is 112 Å². The van der Waals surface area contributed by atoms with Gasteiger partial charge in [0.25, 0.3) is 5.56 Å². The van der Waals surface area contributed by atoms with Gasteiger partial charge in [0.05, 0.1) is 12.9 Å². The van der Waals surface area contributed by atoms with Gasteiger partial charge in [-0.25, -0.2) is 4.39 Å². The summed E-state index contributed by atoms with van der Waals surface area (Å²) in [6, 6.07) is 12.6. The van der Waals surface area contributed by atoms with Crippen LogP contribution in [0, 0.1) is 5.82 Å². The molecule has 29 heavy (non-hydrogen) atoms. The fourth-order valence-electron chi connectivity index (χ4n) is 2.43.